The SMILES string of the molecule is COc1ccc(CNC(=O)c2cc(C)c(C)c(S(=O)(=O)N3CCC(C)CC3)c2)cc1OC. The Morgan fingerprint density at radius 2 is 1.72 bits per heavy atom. The van der Waals surface area contributed by atoms with Gasteiger partial charge in [0.25, 0.3) is 5.91 Å². The van der Waals surface area contributed by atoms with Crippen molar-refractivity contribution in [3.05, 3.63) is 52.6 Å². The molecule has 1 aliphatic rings. The van der Waals surface area contributed by atoms with Crippen LogP contribution in [-0.4, -0.2) is 45.9 Å². The van der Waals surface area contributed by atoms with Crippen LogP contribution in [-0.2, 0) is 16.6 Å². The summed E-state index contributed by atoms with van der Waals surface area (Å²) in [7, 11) is -0.535. The molecule has 0 atom stereocenters. The van der Waals surface area contributed by atoms with E-state index in [1.54, 1.807) is 43.6 Å². The zero-order chi connectivity index (χ0) is 23.5. The van der Waals surface area contributed by atoms with E-state index in [-0.39, 0.29) is 17.3 Å². The molecule has 1 saturated heterocycles. The summed E-state index contributed by atoms with van der Waals surface area (Å²) >= 11 is 0. The maximum Gasteiger partial charge on any atom is 0.251 e. The minimum Gasteiger partial charge on any atom is -0.493 e. The summed E-state index contributed by atoms with van der Waals surface area (Å²) in [6.07, 6.45) is 1.70. The highest BCUT2D eigenvalue weighted by Gasteiger charge is 2.30. The normalized spacial score (nSPS) is 15.4. The number of benzene rings is 2. The van der Waals surface area contributed by atoms with Crippen LogP contribution < -0.4 is 14.8 Å². The zero-order valence-corrected chi connectivity index (χ0v) is 20.2. The number of piperidine rings is 1. The second kappa shape index (κ2) is 9.92. The van der Waals surface area contributed by atoms with Gasteiger partial charge < -0.3 is 14.8 Å². The molecule has 1 amide bonds. The van der Waals surface area contributed by atoms with E-state index in [9.17, 15) is 13.2 Å². The van der Waals surface area contributed by atoms with E-state index in [2.05, 4.69) is 12.2 Å². The first-order valence-corrected chi connectivity index (χ1v) is 12.2. The number of amides is 1. The van der Waals surface area contributed by atoms with Gasteiger partial charge in [-0.25, -0.2) is 8.42 Å². The van der Waals surface area contributed by atoms with Gasteiger partial charge in [0.15, 0.2) is 11.5 Å². The maximum absolute atomic E-state index is 13.3. The minimum atomic E-state index is -3.66. The van der Waals surface area contributed by atoms with Gasteiger partial charge in [0, 0.05) is 25.2 Å². The van der Waals surface area contributed by atoms with E-state index in [4.69, 9.17) is 9.47 Å². The maximum atomic E-state index is 13.3. The van der Waals surface area contributed by atoms with Gasteiger partial charge in [0.05, 0.1) is 19.1 Å². The van der Waals surface area contributed by atoms with Crippen molar-refractivity contribution in [2.75, 3.05) is 27.3 Å². The van der Waals surface area contributed by atoms with Gasteiger partial charge in [-0.15, -0.1) is 0 Å². The second-order valence-corrected chi connectivity index (χ2v) is 10.3. The highest BCUT2D eigenvalue weighted by molar-refractivity contribution is 7.89. The van der Waals surface area contributed by atoms with Gasteiger partial charge in [-0.1, -0.05) is 13.0 Å². The van der Waals surface area contributed by atoms with Crippen LogP contribution in [0.15, 0.2) is 35.2 Å². The number of sulfonamides is 1. The average molecular weight is 461 g/mol. The first kappa shape index (κ1) is 24.1. The fraction of sp³-hybridized carbons (Fsp3) is 0.458. The molecular weight excluding hydrogens is 428 g/mol. The lowest BCUT2D eigenvalue weighted by molar-refractivity contribution is 0.0950. The van der Waals surface area contributed by atoms with Crippen molar-refractivity contribution in [3.63, 3.8) is 0 Å². The molecule has 8 heteroatoms. The number of hydrogen-bond acceptors (Lipinski definition) is 5. The Morgan fingerprint density at radius 1 is 1.06 bits per heavy atom. The average Bonchev–Trinajstić information content (AvgIpc) is 2.78. The molecule has 32 heavy (non-hydrogen) atoms. The van der Waals surface area contributed by atoms with E-state index in [1.807, 2.05) is 13.0 Å². The van der Waals surface area contributed by atoms with Crippen LogP contribution in [0.2, 0.25) is 0 Å². The number of methoxy groups -OCH3 is 2. The van der Waals surface area contributed by atoms with Gasteiger partial charge in [-0.2, -0.15) is 4.31 Å². The molecule has 0 aromatic heterocycles. The van der Waals surface area contributed by atoms with Crippen LogP contribution in [0.1, 0.15) is 46.8 Å². The quantitative estimate of drug-likeness (QED) is 0.681. The van der Waals surface area contributed by atoms with Crippen LogP contribution in [0.4, 0.5) is 0 Å². The molecule has 7 nitrogen and oxygen atoms in total. The number of aryl methyl sites for hydroxylation is 1. The molecule has 2 aromatic rings. The Kier molecular flexibility index (Phi) is 7.46. The lowest BCUT2D eigenvalue weighted by atomic mass is 10.0. The summed E-state index contributed by atoms with van der Waals surface area (Å²) in [5, 5.41) is 2.87. The Morgan fingerprint density at radius 3 is 2.34 bits per heavy atom. The number of ether oxygens (including phenoxy) is 2. The van der Waals surface area contributed by atoms with Crippen LogP contribution in [0.5, 0.6) is 11.5 Å². The van der Waals surface area contributed by atoms with E-state index in [0.29, 0.717) is 41.6 Å². The molecule has 1 heterocycles. The third-order valence-corrected chi connectivity index (χ3v) is 8.17. The standard InChI is InChI=1S/C24H32N2O5S/c1-16-8-10-26(11-9-16)32(28,29)23-14-20(12-17(2)18(23)3)24(27)25-15-19-6-7-21(30-4)22(13-19)31-5/h6-7,12-14,16H,8-11,15H2,1-5H3,(H,25,27). The molecule has 0 unspecified atom stereocenters. The van der Waals surface area contributed by atoms with Crippen molar-refractivity contribution in [3.8, 4) is 11.5 Å². The Hall–Kier alpha value is -2.58. The van der Waals surface area contributed by atoms with Gasteiger partial charge in [-0.05, 0) is 73.6 Å². The number of nitrogens with zero attached hydrogens (tertiary/aromatic N) is 1. The van der Waals surface area contributed by atoms with E-state index in [0.717, 1.165) is 24.0 Å². The topological polar surface area (TPSA) is 84.9 Å². The van der Waals surface area contributed by atoms with Crippen LogP contribution in [0.3, 0.4) is 0 Å². The predicted octanol–water partition coefficient (Wildman–Crippen LogP) is 3.67. The van der Waals surface area contributed by atoms with E-state index < -0.39 is 10.0 Å². The number of nitrogens with one attached hydrogen (secondary N) is 1. The fourth-order valence-corrected chi connectivity index (χ4v) is 5.66. The summed E-state index contributed by atoms with van der Waals surface area (Å²) in [5.74, 6) is 1.39. The Labute approximate surface area is 190 Å². The number of hydrogen-bond donors (Lipinski definition) is 1. The molecule has 1 aliphatic heterocycles. The monoisotopic (exact) mass is 460 g/mol. The highest BCUT2D eigenvalue weighted by Crippen LogP contribution is 2.29. The van der Waals surface area contributed by atoms with Crippen LogP contribution in [0.25, 0.3) is 0 Å². The summed E-state index contributed by atoms with van der Waals surface area (Å²) in [6, 6.07) is 8.65. The smallest absolute Gasteiger partial charge is 0.251 e. The van der Waals surface area contributed by atoms with Gasteiger partial charge >= 0.3 is 0 Å². The van der Waals surface area contributed by atoms with Crippen molar-refractivity contribution in [1.29, 1.82) is 0 Å². The third kappa shape index (κ3) is 5.07. The first-order valence-electron chi connectivity index (χ1n) is 10.8. The summed E-state index contributed by atoms with van der Waals surface area (Å²) < 4.78 is 38.7. The van der Waals surface area contributed by atoms with E-state index >= 15 is 0 Å². The lowest BCUT2D eigenvalue weighted by Crippen LogP contribution is -2.38. The lowest BCUT2D eigenvalue weighted by Gasteiger charge is -2.30. The second-order valence-electron chi connectivity index (χ2n) is 8.37. The number of carbonyl (C=O) groups is 1. The summed E-state index contributed by atoms with van der Waals surface area (Å²) in [4.78, 5) is 13.1. The molecule has 0 bridgehead atoms. The minimum absolute atomic E-state index is 0.211. The summed E-state index contributed by atoms with van der Waals surface area (Å²) in [6.45, 7) is 7.06. The Balaban J connectivity index is 1.81. The molecule has 1 fully saturated rings. The number of carbonyl (C=O) groups excluding carboxylic acids is 1. The molecule has 0 spiro atoms. The van der Waals surface area contributed by atoms with Crippen LogP contribution in [0, 0.1) is 19.8 Å². The fourth-order valence-electron chi connectivity index (χ4n) is 3.87. The van der Waals surface area contributed by atoms with Gasteiger partial charge in [0.2, 0.25) is 10.0 Å². The van der Waals surface area contributed by atoms with Crippen molar-refractivity contribution in [2.24, 2.45) is 5.92 Å². The molecule has 0 aliphatic carbocycles. The zero-order valence-electron chi connectivity index (χ0n) is 19.4. The van der Waals surface area contributed by atoms with Crippen molar-refractivity contribution in [1.82, 2.24) is 9.62 Å². The molecule has 1 N–H and O–H groups in total. The van der Waals surface area contributed by atoms with Crippen molar-refractivity contribution >= 4 is 15.9 Å². The van der Waals surface area contributed by atoms with Crippen molar-refractivity contribution < 1.29 is 22.7 Å². The predicted molar refractivity (Wildman–Crippen MR) is 124 cm³/mol. The Bertz CT molecular complexity index is 1090. The van der Waals surface area contributed by atoms with Crippen molar-refractivity contribution in [2.45, 2.75) is 45.1 Å². The molecule has 3 rings (SSSR count). The van der Waals surface area contributed by atoms with Gasteiger partial charge in [-0.3, -0.25) is 4.79 Å². The largest absolute Gasteiger partial charge is 0.493 e. The highest BCUT2D eigenvalue weighted by atomic mass is 32.2. The molecular formula is C24H32N2O5S. The van der Waals surface area contributed by atoms with Gasteiger partial charge in [0.1, 0.15) is 0 Å². The first-order chi connectivity index (χ1) is 15.2. The molecule has 2 aromatic carbocycles. The third-order valence-electron chi connectivity index (χ3n) is 6.14. The van der Waals surface area contributed by atoms with Crippen LogP contribution >= 0.6 is 0 Å². The summed E-state index contributed by atoms with van der Waals surface area (Å²) in [5.41, 5.74) is 2.63. The van der Waals surface area contributed by atoms with E-state index in [1.165, 1.54) is 6.07 Å². The molecule has 0 saturated carbocycles. The molecule has 174 valence electrons. The number of rotatable bonds is 7. The molecule has 0 radical (unpaired) electrons.